The highest BCUT2D eigenvalue weighted by atomic mass is 32.2. The van der Waals surface area contributed by atoms with Gasteiger partial charge in [-0.25, -0.2) is 13.2 Å². The second-order valence-electron chi connectivity index (χ2n) is 4.76. The van der Waals surface area contributed by atoms with E-state index in [9.17, 15) is 13.2 Å². The largest absolute Gasteiger partial charge is 0.476 e. The summed E-state index contributed by atoms with van der Waals surface area (Å²) in [4.78, 5) is 10.7. The molecule has 1 fully saturated rings. The Kier molecular flexibility index (Phi) is 3.43. The van der Waals surface area contributed by atoms with E-state index in [0.717, 1.165) is 12.8 Å². The lowest BCUT2D eigenvalue weighted by atomic mass is 9.95. The lowest BCUT2D eigenvalue weighted by Crippen LogP contribution is -2.29. The third kappa shape index (κ3) is 2.72. The molecule has 2 atom stereocenters. The number of aromatic carboxylic acids is 1. The van der Waals surface area contributed by atoms with Crippen LogP contribution in [0.15, 0.2) is 12.3 Å². The van der Waals surface area contributed by atoms with Crippen molar-refractivity contribution in [2.24, 2.45) is 0 Å². The van der Waals surface area contributed by atoms with Gasteiger partial charge in [0.15, 0.2) is 5.69 Å². The predicted octanol–water partition coefficient (Wildman–Crippen LogP) is 1.11. The van der Waals surface area contributed by atoms with Crippen LogP contribution < -0.4 is 0 Å². The number of sulfone groups is 1. The molecule has 2 rings (SSSR count). The minimum atomic E-state index is -3.03. The highest BCUT2D eigenvalue weighted by molar-refractivity contribution is 7.91. The van der Waals surface area contributed by atoms with E-state index in [1.807, 2.05) is 0 Å². The van der Waals surface area contributed by atoms with Crippen molar-refractivity contribution in [2.45, 2.75) is 37.0 Å². The molecule has 1 N–H and O–H groups in total. The van der Waals surface area contributed by atoms with E-state index < -0.39 is 15.8 Å². The molecule has 2 unspecified atom stereocenters. The number of hydrogen-bond acceptors (Lipinski definition) is 4. The van der Waals surface area contributed by atoms with Gasteiger partial charge in [0.25, 0.3) is 0 Å². The van der Waals surface area contributed by atoms with Crippen LogP contribution in [0.4, 0.5) is 0 Å². The van der Waals surface area contributed by atoms with E-state index in [1.54, 1.807) is 10.9 Å². The van der Waals surface area contributed by atoms with Gasteiger partial charge in [0.2, 0.25) is 0 Å². The molecular formula is C11H16N2O4S. The average Bonchev–Trinajstić information content (AvgIpc) is 2.77. The number of nitrogens with zero attached hydrogens (tertiary/aromatic N) is 2. The van der Waals surface area contributed by atoms with Crippen LogP contribution in [0.25, 0.3) is 0 Å². The number of carbonyl (C=O) groups is 1. The Hall–Kier alpha value is -1.37. The second-order valence-corrected chi connectivity index (χ2v) is 7.08. The standard InChI is InChI=1S/C11H16N2O4S/c1-18(16,17)9-4-2-3-8(7-9)13-6-5-10(12-13)11(14)15/h5-6,8-9H,2-4,7H2,1H3,(H,14,15). The number of carboxylic acids is 1. The Bertz CT molecular complexity index is 549. The topological polar surface area (TPSA) is 89.3 Å². The van der Waals surface area contributed by atoms with Crippen molar-refractivity contribution >= 4 is 15.8 Å². The van der Waals surface area contributed by atoms with Crippen LogP contribution in [-0.4, -0.2) is 40.8 Å². The van der Waals surface area contributed by atoms with Crippen molar-refractivity contribution in [1.82, 2.24) is 9.78 Å². The molecule has 0 spiro atoms. The molecule has 1 heterocycles. The highest BCUT2D eigenvalue weighted by Crippen LogP contribution is 2.31. The molecule has 100 valence electrons. The van der Waals surface area contributed by atoms with E-state index >= 15 is 0 Å². The first kappa shape index (κ1) is 13.1. The molecule has 1 aliphatic rings. The van der Waals surface area contributed by atoms with Gasteiger partial charge in [-0.2, -0.15) is 5.10 Å². The van der Waals surface area contributed by atoms with Crippen molar-refractivity contribution in [2.75, 3.05) is 6.26 Å². The third-order valence-electron chi connectivity index (χ3n) is 3.41. The third-order valence-corrected chi connectivity index (χ3v) is 5.04. The minimum absolute atomic E-state index is 0.00326. The molecular weight excluding hydrogens is 256 g/mol. The molecule has 0 aromatic carbocycles. The normalized spacial score (nSPS) is 24.9. The summed E-state index contributed by atoms with van der Waals surface area (Å²) in [6.07, 6.45) is 5.73. The Morgan fingerprint density at radius 3 is 2.78 bits per heavy atom. The minimum Gasteiger partial charge on any atom is -0.476 e. The molecule has 1 aromatic heterocycles. The van der Waals surface area contributed by atoms with Crippen molar-refractivity contribution in [3.05, 3.63) is 18.0 Å². The molecule has 6 nitrogen and oxygen atoms in total. The summed E-state index contributed by atoms with van der Waals surface area (Å²) in [5.74, 6) is -1.07. The lowest BCUT2D eigenvalue weighted by Gasteiger charge is -2.28. The van der Waals surface area contributed by atoms with Gasteiger partial charge in [-0.1, -0.05) is 6.42 Å². The first-order valence-corrected chi connectivity index (χ1v) is 7.80. The first-order chi connectivity index (χ1) is 8.38. The zero-order chi connectivity index (χ0) is 13.3. The van der Waals surface area contributed by atoms with Crippen LogP contribution in [0, 0.1) is 0 Å². The molecule has 1 aliphatic carbocycles. The SMILES string of the molecule is CS(=O)(=O)C1CCCC(n2ccc(C(=O)O)n2)C1. The summed E-state index contributed by atoms with van der Waals surface area (Å²) < 4.78 is 24.7. The number of hydrogen-bond donors (Lipinski definition) is 1. The molecule has 0 bridgehead atoms. The molecule has 0 saturated heterocycles. The highest BCUT2D eigenvalue weighted by Gasteiger charge is 2.30. The zero-order valence-corrected chi connectivity index (χ0v) is 10.9. The Morgan fingerprint density at radius 1 is 1.50 bits per heavy atom. The number of aromatic nitrogens is 2. The molecule has 18 heavy (non-hydrogen) atoms. The van der Waals surface area contributed by atoms with Gasteiger partial charge < -0.3 is 5.11 Å². The molecule has 7 heteroatoms. The van der Waals surface area contributed by atoms with Crippen molar-refractivity contribution < 1.29 is 18.3 Å². The van der Waals surface area contributed by atoms with E-state index in [1.165, 1.54) is 12.3 Å². The summed E-state index contributed by atoms with van der Waals surface area (Å²) >= 11 is 0. The zero-order valence-electron chi connectivity index (χ0n) is 10.1. The molecule has 0 aliphatic heterocycles. The van der Waals surface area contributed by atoms with Gasteiger partial charge in [0, 0.05) is 12.5 Å². The Labute approximate surface area is 106 Å². The summed E-state index contributed by atoms with van der Waals surface area (Å²) in [7, 11) is -3.03. The van der Waals surface area contributed by atoms with Gasteiger partial charge in [0.1, 0.15) is 9.84 Å². The van der Waals surface area contributed by atoms with Crippen molar-refractivity contribution in [3.63, 3.8) is 0 Å². The first-order valence-electron chi connectivity index (χ1n) is 5.85. The second kappa shape index (κ2) is 4.72. The van der Waals surface area contributed by atoms with Gasteiger partial charge >= 0.3 is 5.97 Å². The average molecular weight is 272 g/mol. The maximum absolute atomic E-state index is 11.6. The van der Waals surface area contributed by atoms with Gasteiger partial charge in [-0.15, -0.1) is 0 Å². The van der Waals surface area contributed by atoms with Crippen molar-refractivity contribution in [3.8, 4) is 0 Å². The van der Waals surface area contributed by atoms with E-state index in [4.69, 9.17) is 5.11 Å². The molecule has 0 radical (unpaired) electrons. The maximum atomic E-state index is 11.6. The van der Waals surface area contributed by atoms with Crippen LogP contribution in [-0.2, 0) is 9.84 Å². The summed E-state index contributed by atoms with van der Waals surface area (Å²) in [5, 5.41) is 12.4. The van der Waals surface area contributed by atoms with Gasteiger partial charge in [-0.05, 0) is 25.3 Å². The van der Waals surface area contributed by atoms with Crippen LogP contribution >= 0.6 is 0 Å². The van der Waals surface area contributed by atoms with Crippen LogP contribution in [0.5, 0.6) is 0 Å². The van der Waals surface area contributed by atoms with Crippen molar-refractivity contribution in [1.29, 1.82) is 0 Å². The summed E-state index contributed by atoms with van der Waals surface area (Å²) in [6.45, 7) is 0. The number of carboxylic acid groups (broad SMARTS) is 1. The Balaban J connectivity index is 2.15. The van der Waals surface area contributed by atoms with Gasteiger partial charge in [-0.3, -0.25) is 4.68 Å². The monoisotopic (exact) mass is 272 g/mol. The lowest BCUT2D eigenvalue weighted by molar-refractivity contribution is 0.0689. The van der Waals surface area contributed by atoms with E-state index in [2.05, 4.69) is 5.10 Å². The van der Waals surface area contributed by atoms with E-state index in [-0.39, 0.29) is 17.0 Å². The maximum Gasteiger partial charge on any atom is 0.356 e. The van der Waals surface area contributed by atoms with E-state index in [0.29, 0.717) is 12.8 Å². The van der Waals surface area contributed by atoms with Crippen LogP contribution in [0.2, 0.25) is 0 Å². The molecule has 1 aromatic rings. The fraction of sp³-hybridized carbons (Fsp3) is 0.636. The van der Waals surface area contributed by atoms with Gasteiger partial charge in [0.05, 0.1) is 11.3 Å². The summed E-state index contributed by atoms with van der Waals surface area (Å²) in [5.41, 5.74) is -0.00326. The fourth-order valence-corrected chi connectivity index (χ4v) is 3.57. The smallest absolute Gasteiger partial charge is 0.356 e. The van der Waals surface area contributed by atoms with Crippen LogP contribution in [0.1, 0.15) is 42.2 Å². The quantitative estimate of drug-likeness (QED) is 0.890. The molecule has 1 saturated carbocycles. The summed E-state index contributed by atoms with van der Waals surface area (Å²) in [6, 6.07) is 1.42. The fourth-order valence-electron chi connectivity index (χ4n) is 2.40. The Morgan fingerprint density at radius 2 is 2.22 bits per heavy atom. The molecule has 0 amide bonds. The number of rotatable bonds is 3. The van der Waals surface area contributed by atoms with Crippen LogP contribution in [0.3, 0.4) is 0 Å². The predicted molar refractivity (Wildman–Crippen MR) is 65.3 cm³/mol.